The summed E-state index contributed by atoms with van der Waals surface area (Å²) in [6.07, 6.45) is 6.90. The van der Waals surface area contributed by atoms with E-state index in [9.17, 15) is 5.11 Å². The lowest BCUT2D eigenvalue weighted by Gasteiger charge is -2.34. The van der Waals surface area contributed by atoms with Crippen LogP contribution >= 0.6 is 0 Å². The van der Waals surface area contributed by atoms with Gasteiger partial charge in [-0.05, 0) is 31.6 Å². The zero-order valence-electron chi connectivity index (χ0n) is 10.5. The van der Waals surface area contributed by atoms with E-state index in [2.05, 4.69) is 23.8 Å². The molecule has 0 atom stereocenters. The topological polar surface area (TPSA) is 55.2 Å². The molecule has 1 aromatic heterocycles. The van der Waals surface area contributed by atoms with E-state index >= 15 is 0 Å². The first-order valence-corrected chi connectivity index (χ1v) is 6.28. The molecule has 0 radical (unpaired) electrons. The van der Waals surface area contributed by atoms with Crippen LogP contribution in [0, 0.1) is 5.92 Å². The summed E-state index contributed by atoms with van der Waals surface area (Å²) in [7, 11) is 0. The quantitative estimate of drug-likeness (QED) is 0.852. The molecular formula is C13H20N2O2. The third-order valence-electron chi connectivity index (χ3n) is 3.19. The van der Waals surface area contributed by atoms with Crippen molar-refractivity contribution < 1.29 is 9.84 Å². The number of nitrogens with zero attached hydrogens (tertiary/aromatic N) is 2. The lowest BCUT2D eigenvalue weighted by molar-refractivity contribution is -0.0468. The minimum atomic E-state index is -0.781. The molecule has 1 fully saturated rings. The van der Waals surface area contributed by atoms with E-state index in [0.717, 1.165) is 25.7 Å². The normalized spacial score (nSPS) is 17.9. The second-order valence-electron chi connectivity index (χ2n) is 5.16. The van der Waals surface area contributed by atoms with E-state index in [0.29, 0.717) is 24.1 Å². The molecular weight excluding hydrogens is 216 g/mol. The van der Waals surface area contributed by atoms with Crippen molar-refractivity contribution in [3.05, 3.63) is 18.2 Å². The molecule has 1 saturated carbocycles. The number of aromatic nitrogens is 2. The van der Waals surface area contributed by atoms with Crippen molar-refractivity contribution in [2.45, 2.75) is 45.1 Å². The molecule has 94 valence electrons. The molecule has 4 heteroatoms. The summed E-state index contributed by atoms with van der Waals surface area (Å²) >= 11 is 0. The number of ether oxygens (including phenoxy) is 1. The second kappa shape index (κ2) is 5.00. The molecule has 1 heterocycles. The third kappa shape index (κ3) is 2.94. The summed E-state index contributed by atoms with van der Waals surface area (Å²) in [6, 6.07) is 0. The van der Waals surface area contributed by atoms with Crippen molar-refractivity contribution in [3.63, 3.8) is 0 Å². The van der Waals surface area contributed by atoms with Crippen LogP contribution in [-0.4, -0.2) is 21.7 Å². The van der Waals surface area contributed by atoms with Crippen molar-refractivity contribution in [1.29, 1.82) is 0 Å². The average molecular weight is 236 g/mol. The van der Waals surface area contributed by atoms with Crippen molar-refractivity contribution in [1.82, 2.24) is 9.97 Å². The largest absolute Gasteiger partial charge is 0.490 e. The number of rotatable bonds is 5. The molecule has 0 amide bonds. The summed E-state index contributed by atoms with van der Waals surface area (Å²) in [5.41, 5.74) is -0.781. The minimum absolute atomic E-state index is 0.528. The predicted molar refractivity (Wildman–Crippen MR) is 64.7 cm³/mol. The van der Waals surface area contributed by atoms with E-state index in [4.69, 9.17) is 4.74 Å². The lowest BCUT2D eigenvalue weighted by atomic mass is 9.79. The van der Waals surface area contributed by atoms with E-state index in [1.54, 1.807) is 12.4 Å². The fraction of sp³-hybridized carbons (Fsp3) is 0.692. The maximum atomic E-state index is 10.1. The van der Waals surface area contributed by atoms with Gasteiger partial charge in [-0.15, -0.1) is 0 Å². The minimum Gasteiger partial charge on any atom is -0.490 e. The van der Waals surface area contributed by atoms with Gasteiger partial charge >= 0.3 is 0 Å². The van der Waals surface area contributed by atoms with Gasteiger partial charge in [0.2, 0.25) is 0 Å². The van der Waals surface area contributed by atoms with Crippen LogP contribution in [0.2, 0.25) is 0 Å². The van der Waals surface area contributed by atoms with Gasteiger partial charge in [-0.3, -0.25) is 0 Å². The highest BCUT2D eigenvalue weighted by molar-refractivity contribution is 5.16. The standard InChI is InChI=1S/C13H20N2O2/c1-10(2)4-7-17-11-8-14-12(15-9-11)13(16)5-3-6-13/h8-10,16H,3-7H2,1-2H3. The Kier molecular flexibility index (Phi) is 3.62. The molecule has 1 aliphatic rings. The van der Waals surface area contributed by atoms with Gasteiger partial charge in [0.15, 0.2) is 11.6 Å². The van der Waals surface area contributed by atoms with Crippen LogP contribution in [0.25, 0.3) is 0 Å². The molecule has 0 bridgehead atoms. The van der Waals surface area contributed by atoms with Crippen LogP contribution < -0.4 is 4.74 Å². The predicted octanol–water partition coefficient (Wildman–Crippen LogP) is 2.27. The Balaban J connectivity index is 1.89. The number of aliphatic hydroxyl groups is 1. The van der Waals surface area contributed by atoms with Gasteiger partial charge in [-0.25, -0.2) is 9.97 Å². The Morgan fingerprint density at radius 2 is 2.00 bits per heavy atom. The van der Waals surface area contributed by atoms with Gasteiger partial charge < -0.3 is 9.84 Å². The molecule has 0 unspecified atom stereocenters. The van der Waals surface area contributed by atoms with Gasteiger partial charge in [0.05, 0.1) is 19.0 Å². The van der Waals surface area contributed by atoms with Crippen LogP contribution in [0.4, 0.5) is 0 Å². The van der Waals surface area contributed by atoms with Crippen molar-refractivity contribution in [2.75, 3.05) is 6.61 Å². The zero-order valence-corrected chi connectivity index (χ0v) is 10.5. The molecule has 17 heavy (non-hydrogen) atoms. The van der Waals surface area contributed by atoms with E-state index < -0.39 is 5.60 Å². The first kappa shape index (κ1) is 12.3. The van der Waals surface area contributed by atoms with Crippen LogP contribution in [-0.2, 0) is 5.60 Å². The Morgan fingerprint density at radius 3 is 2.47 bits per heavy atom. The smallest absolute Gasteiger partial charge is 0.160 e. The summed E-state index contributed by atoms with van der Waals surface area (Å²) in [6.45, 7) is 5.01. The second-order valence-corrected chi connectivity index (χ2v) is 5.16. The van der Waals surface area contributed by atoms with Crippen LogP contribution in [0.15, 0.2) is 12.4 Å². The molecule has 1 aromatic rings. The van der Waals surface area contributed by atoms with Crippen LogP contribution in [0.1, 0.15) is 45.4 Å². The first-order valence-electron chi connectivity index (χ1n) is 6.28. The van der Waals surface area contributed by atoms with E-state index in [-0.39, 0.29) is 0 Å². The molecule has 0 aromatic carbocycles. The Labute approximate surface area is 102 Å². The summed E-state index contributed by atoms with van der Waals surface area (Å²) < 4.78 is 5.53. The summed E-state index contributed by atoms with van der Waals surface area (Å²) in [5, 5.41) is 10.1. The van der Waals surface area contributed by atoms with Gasteiger partial charge in [0.25, 0.3) is 0 Å². The van der Waals surface area contributed by atoms with E-state index in [1.165, 1.54) is 0 Å². The van der Waals surface area contributed by atoms with Gasteiger partial charge in [0.1, 0.15) is 5.60 Å². The molecule has 0 saturated heterocycles. The molecule has 4 nitrogen and oxygen atoms in total. The number of hydrogen-bond acceptors (Lipinski definition) is 4. The third-order valence-corrected chi connectivity index (χ3v) is 3.19. The zero-order chi connectivity index (χ0) is 12.3. The Morgan fingerprint density at radius 1 is 1.35 bits per heavy atom. The maximum Gasteiger partial charge on any atom is 0.160 e. The van der Waals surface area contributed by atoms with Crippen molar-refractivity contribution >= 4 is 0 Å². The highest BCUT2D eigenvalue weighted by atomic mass is 16.5. The SMILES string of the molecule is CC(C)CCOc1cnc(C2(O)CCC2)nc1. The molecule has 2 rings (SSSR count). The van der Waals surface area contributed by atoms with Gasteiger partial charge in [-0.2, -0.15) is 0 Å². The van der Waals surface area contributed by atoms with Gasteiger partial charge in [-0.1, -0.05) is 13.8 Å². The fourth-order valence-electron chi connectivity index (χ4n) is 1.78. The van der Waals surface area contributed by atoms with Crippen molar-refractivity contribution in [2.24, 2.45) is 5.92 Å². The average Bonchev–Trinajstić information content (AvgIpc) is 2.26. The highest BCUT2D eigenvalue weighted by Gasteiger charge is 2.38. The monoisotopic (exact) mass is 236 g/mol. The Hall–Kier alpha value is -1.16. The fourth-order valence-corrected chi connectivity index (χ4v) is 1.78. The molecule has 1 N–H and O–H groups in total. The maximum absolute atomic E-state index is 10.1. The summed E-state index contributed by atoms with van der Waals surface area (Å²) in [4.78, 5) is 8.37. The Bertz CT molecular complexity index is 358. The van der Waals surface area contributed by atoms with Crippen LogP contribution in [0.3, 0.4) is 0 Å². The number of hydrogen-bond donors (Lipinski definition) is 1. The van der Waals surface area contributed by atoms with E-state index in [1.807, 2.05) is 0 Å². The molecule has 0 aliphatic heterocycles. The lowest BCUT2D eigenvalue weighted by Crippen LogP contribution is -2.35. The highest BCUT2D eigenvalue weighted by Crippen LogP contribution is 2.39. The van der Waals surface area contributed by atoms with Gasteiger partial charge in [0, 0.05) is 0 Å². The first-order chi connectivity index (χ1) is 8.10. The molecule has 1 aliphatic carbocycles. The molecule has 0 spiro atoms. The van der Waals surface area contributed by atoms with Crippen molar-refractivity contribution in [3.8, 4) is 5.75 Å². The summed E-state index contributed by atoms with van der Waals surface area (Å²) in [5.74, 6) is 1.84. The van der Waals surface area contributed by atoms with Crippen LogP contribution in [0.5, 0.6) is 5.75 Å².